The Labute approximate surface area is 131 Å². The van der Waals surface area contributed by atoms with Gasteiger partial charge in [-0.1, -0.05) is 36.5 Å². The largest absolute Gasteiger partial charge is 0.389 e. The second-order valence-electron chi connectivity index (χ2n) is 4.45. The quantitative estimate of drug-likeness (QED) is 0.847. The lowest BCUT2D eigenvalue weighted by atomic mass is 10.1. The minimum absolute atomic E-state index is 0.216. The number of anilines is 1. The van der Waals surface area contributed by atoms with Gasteiger partial charge in [0.05, 0.1) is 0 Å². The van der Waals surface area contributed by atoms with Gasteiger partial charge in [0.15, 0.2) is 0 Å². The molecule has 2 aromatic rings. The maximum atomic E-state index is 13.7. The summed E-state index contributed by atoms with van der Waals surface area (Å²) in [5, 5.41) is 0. The fourth-order valence-electron chi connectivity index (χ4n) is 2.04. The lowest BCUT2D eigenvalue weighted by molar-refractivity contribution is 0.608. The van der Waals surface area contributed by atoms with E-state index in [0.717, 1.165) is 15.7 Å². The fraction of sp³-hybridized carbons (Fsp3) is 0.133. The number of halogens is 2. The molecule has 0 aromatic heterocycles. The smallest absolute Gasteiger partial charge is 0.128 e. The Hall–Kier alpha value is -1.46. The van der Waals surface area contributed by atoms with Gasteiger partial charge in [-0.15, -0.1) is 0 Å². The standard InChI is InChI=1S/C15H14BrFN2S/c1-19(9-10-5-2-3-7-12(10)17)13-8-4-6-11(16)14(13)15(18)20/h2-8H,9H2,1H3,(H2,18,20). The van der Waals surface area contributed by atoms with Gasteiger partial charge in [0.25, 0.3) is 0 Å². The predicted molar refractivity (Wildman–Crippen MR) is 88.5 cm³/mol. The van der Waals surface area contributed by atoms with Crippen molar-refractivity contribution in [1.29, 1.82) is 0 Å². The van der Waals surface area contributed by atoms with E-state index < -0.39 is 0 Å². The van der Waals surface area contributed by atoms with Crippen molar-refractivity contribution in [2.24, 2.45) is 5.73 Å². The number of hydrogen-bond donors (Lipinski definition) is 1. The minimum Gasteiger partial charge on any atom is -0.389 e. The molecule has 0 heterocycles. The lowest BCUT2D eigenvalue weighted by Gasteiger charge is -2.23. The minimum atomic E-state index is -0.216. The van der Waals surface area contributed by atoms with E-state index in [1.165, 1.54) is 6.07 Å². The van der Waals surface area contributed by atoms with Crippen LogP contribution >= 0.6 is 28.1 Å². The third-order valence-electron chi connectivity index (χ3n) is 3.01. The zero-order valence-corrected chi connectivity index (χ0v) is 13.3. The Balaban J connectivity index is 2.35. The van der Waals surface area contributed by atoms with E-state index in [2.05, 4.69) is 15.9 Å². The highest BCUT2D eigenvalue weighted by atomic mass is 79.9. The van der Waals surface area contributed by atoms with Crippen molar-refractivity contribution in [1.82, 2.24) is 0 Å². The molecule has 2 nitrogen and oxygen atoms in total. The number of benzene rings is 2. The molecule has 0 radical (unpaired) electrons. The number of rotatable bonds is 4. The lowest BCUT2D eigenvalue weighted by Crippen LogP contribution is -2.22. The second kappa shape index (κ2) is 6.33. The number of nitrogens with two attached hydrogens (primary N) is 1. The first-order valence-electron chi connectivity index (χ1n) is 6.03. The molecule has 0 saturated carbocycles. The normalized spacial score (nSPS) is 10.3. The SMILES string of the molecule is CN(Cc1ccccc1F)c1cccc(Br)c1C(N)=S. The highest BCUT2D eigenvalue weighted by Gasteiger charge is 2.14. The van der Waals surface area contributed by atoms with Gasteiger partial charge in [-0.05, 0) is 34.1 Å². The second-order valence-corrected chi connectivity index (χ2v) is 5.74. The monoisotopic (exact) mass is 352 g/mol. The van der Waals surface area contributed by atoms with E-state index in [0.29, 0.717) is 17.1 Å². The van der Waals surface area contributed by atoms with Crippen LogP contribution in [0, 0.1) is 5.82 Å². The fourth-order valence-corrected chi connectivity index (χ4v) is 2.96. The van der Waals surface area contributed by atoms with Crippen molar-refractivity contribution in [3.05, 3.63) is 63.9 Å². The van der Waals surface area contributed by atoms with Gasteiger partial charge < -0.3 is 10.6 Å². The first kappa shape index (κ1) is 14.9. The Bertz CT molecular complexity index is 646. The average molecular weight is 353 g/mol. The molecule has 0 bridgehead atoms. The Morgan fingerprint density at radius 1 is 1.25 bits per heavy atom. The molecule has 0 atom stereocenters. The average Bonchev–Trinajstić information content (AvgIpc) is 2.40. The van der Waals surface area contributed by atoms with E-state index >= 15 is 0 Å². The van der Waals surface area contributed by atoms with Gasteiger partial charge in [0.2, 0.25) is 0 Å². The molecule has 0 spiro atoms. The first-order chi connectivity index (χ1) is 9.50. The van der Waals surface area contributed by atoms with Crippen LogP contribution in [-0.2, 0) is 6.54 Å². The predicted octanol–water partition coefficient (Wildman–Crippen LogP) is 3.86. The molecule has 0 fully saturated rings. The van der Waals surface area contributed by atoms with Crippen LogP contribution in [0.1, 0.15) is 11.1 Å². The molecule has 0 unspecified atom stereocenters. The molecule has 0 aliphatic carbocycles. The van der Waals surface area contributed by atoms with Crippen LogP contribution in [0.3, 0.4) is 0 Å². The van der Waals surface area contributed by atoms with Crippen LogP contribution < -0.4 is 10.6 Å². The maximum Gasteiger partial charge on any atom is 0.128 e. The molecule has 0 amide bonds. The molecule has 0 aliphatic heterocycles. The summed E-state index contributed by atoms with van der Waals surface area (Å²) in [6.07, 6.45) is 0. The molecule has 0 saturated heterocycles. The van der Waals surface area contributed by atoms with E-state index in [9.17, 15) is 4.39 Å². The highest BCUT2D eigenvalue weighted by molar-refractivity contribution is 9.10. The van der Waals surface area contributed by atoms with Gasteiger partial charge in [-0.2, -0.15) is 0 Å². The summed E-state index contributed by atoms with van der Waals surface area (Å²) in [5.74, 6) is -0.216. The molecule has 2 aromatic carbocycles. The third kappa shape index (κ3) is 3.16. The van der Waals surface area contributed by atoms with Crippen molar-refractivity contribution in [2.75, 3.05) is 11.9 Å². The van der Waals surface area contributed by atoms with Crippen LogP contribution in [0.5, 0.6) is 0 Å². The number of thiocarbonyl (C=S) groups is 1. The third-order valence-corrected chi connectivity index (χ3v) is 3.88. The van der Waals surface area contributed by atoms with Crippen LogP contribution in [0.4, 0.5) is 10.1 Å². The van der Waals surface area contributed by atoms with Gasteiger partial charge in [-0.25, -0.2) is 4.39 Å². The summed E-state index contributed by atoms with van der Waals surface area (Å²) in [7, 11) is 1.88. The van der Waals surface area contributed by atoms with E-state index in [1.807, 2.05) is 36.2 Å². The van der Waals surface area contributed by atoms with Gasteiger partial charge in [0.1, 0.15) is 10.8 Å². The van der Waals surface area contributed by atoms with Crippen LogP contribution in [0.15, 0.2) is 46.9 Å². The van der Waals surface area contributed by atoms with Crippen molar-refractivity contribution < 1.29 is 4.39 Å². The molecule has 5 heteroatoms. The molecule has 2 rings (SSSR count). The molecule has 20 heavy (non-hydrogen) atoms. The highest BCUT2D eigenvalue weighted by Crippen LogP contribution is 2.28. The molecular weight excluding hydrogens is 339 g/mol. The summed E-state index contributed by atoms with van der Waals surface area (Å²) in [4.78, 5) is 2.24. The van der Waals surface area contributed by atoms with E-state index in [1.54, 1.807) is 12.1 Å². The Morgan fingerprint density at radius 3 is 2.60 bits per heavy atom. The van der Waals surface area contributed by atoms with Crippen molar-refractivity contribution in [3.8, 4) is 0 Å². The Kier molecular flexibility index (Phi) is 4.73. The zero-order valence-electron chi connectivity index (χ0n) is 10.9. The van der Waals surface area contributed by atoms with Crippen molar-refractivity contribution >= 4 is 38.8 Å². The van der Waals surface area contributed by atoms with Crippen molar-refractivity contribution in [3.63, 3.8) is 0 Å². The van der Waals surface area contributed by atoms with Crippen LogP contribution in [-0.4, -0.2) is 12.0 Å². The molecular formula is C15H14BrFN2S. The Morgan fingerprint density at radius 2 is 1.95 bits per heavy atom. The summed E-state index contributed by atoms with van der Waals surface area (Å²) in [5.41, 5.74) is 8.04. The molecule has 104 valence electrons. The topological polar surface area (TPSA) is 29.3 Å². The van der Waals surface area contributed by atoms with Crippen molar-refractivity contribution in [2.45, 2.75) is 6.54 Å². The molecule has 2 N–H and O–H groups in total. The van der Waals surface area contributed by atoms with Gasteiger partial charge in [0, 0.05) is 34.9 Å². The maximum absolute atomic E-state index is 13.7. The van der Waals surface area contributed by atoms with Gasteiger partial charge >= 0.3 is 0 Å². The van der Waals surface area contributed by atoms with E-state index in [4.69, 9.17) is 18.0 Å². The van der Waals surface area contributed by atoms with Crippen LogP contribution in [0.2, 0.25) is 0 Å². The first-order valence-corrected chi connectivity index (χ1v) is 7.23. The van der Waals surface area contributed by atoms with Crippen LogP contribution in [0.25, 0.3) is 0 Å². The van der Waals surface area contributed by atoms with E-state index in [-0.39, 0.29) is 5.82 Å². The zero-order chi connectivity index (χ0) is 14.7. The summed E-state index contributed by atoms with van der Waals surface area (Å²) in [6.45, 7) is 0.443. The molecule has 0 aliphatic rings. The summed E-state index contributed by atoms with van der Waals surface area (Å²) >= 11 is 8.54. The number of hydrogen-bond acceptors (Lipinski definition) is 2. The summed E-state index contributed by atoms with van der Waals surface area (Å²) < 4.78 is 14.6. The van der Waals surface area contributed by atoms with Gasteiger partial charge in [-0.3, -0.25) is 0 Å². The number of nitrogens with zero attached hydrogens (tertiary/aromatic N) is 1. The summed E-state index contributed by atoms with van der Waals surface area (Å²) in [6, 6.07) is 12.4.